The first kappa shape index (κ1) is 18.2. The third-order valence-electron chi connectivity index (χ3n) is 3.72. The highest BCUT2D eigenvalue weighted by Gasteiger charge is 2.32. The molecular weight excluding hydrogens is 262 g/mol. The van der Waals surface area contributed by atoms with Crippen molar-refractivity contribution < 1.29 is 4.74 Å². The lowest BCUT2D eigenvalue weighted by atomic mass is 9.82. The molecule has 0 aliphatic rings. The van der Waals surface area contributed by atoms with Crippen molar-refractivity contribution in [2.45, 2.75) is 66.0 Å². The number of rotatable bonds is 9. The van der Waals surface area contributed by atoms with E-state index in [1.165, 1.54) is 5.56 Å². The van der Waals surface area contributed by atoms with Crippen LogP contribution in [0.1, 0.15) is 53.0 Å². The van der Waals surface area contributed by atoms with Crippen molar-refractivity contribution in [1.82, 2.24) is 15.1 Å². The van der Waals surface area contributed by atoms with E-state index in [1.54, 1.807) is 0 Å². The molecule has 0 saturated heterocycles. The molecule has 1 rings (SSSR count). The Bertz CT molecular complexity index is 395. The van der Waals surface area contributed by atoms with Crippen LogP contribution >= 0.6 is 0 Å². The molecule has 1 aromatic rings. The molecule has 122 valence electrons. The summed E-state index contributed by atoms with van der Waals surface area (Å²) in [5.74, 6) is 0. The molecule has 1 heterocycles. The zero-order valence-electron chi connectivity index (χ0n) is 14.6. The number of aromatic nitrogens is 2. The summed E-state index contributed by atoms with van der Waals surface area (Å²) in [7, 11) is 1.97. The van der Waals surface area contributed by atoms with Crippen molar-refractivity contribution in [1.29, 1.82) is 0 Å². The van der Waals surface area contributed by atoms with Gasteiger partial charge in [0, 0.05) is 25.9 Å². The second kappa shape index (κ2) is 8.54. The summed E-state index contributed by atoms with van der Waals surface area (Å²) >= 11 is 0. The number of aryl methyl sites for hydroxylation is 2. The highest BCUT2D eigenvalue weighted by atomic mass is 16.5. The van der Waals surface area contributed by atoms with E-state index in [2.05, 4.69) is 51.2 Å². The number of nitrogens with zero attached hydrogens (tertiary/aromatic N) is 2. The van der Waals surface area contributed by atoms with Crippen molar-refractivity contribution in [3.05, 3.63) is 18.0 Å². The van der Waals surface area contributed by atoms with Crippen LogP contribution < -0.4 is 5.32 Å². The van der Waals surface area contributed by atoms with Crippen LogP contribution in [0, 0.1) is 5.41 Å². The molecular formula is C17H33N3O. The Morgan fingerprint density at radius 3 is 2.52 bits per heavy atom. The molecule has 4 heteroatoms. The molecule has 2 unspecified atom stereocenters. The Labute approximate surface area is 130 Å². The third-order valence-corrected chi connectivity index (χ3v) is 3.72. The first-order chi connectivity index (χ1) is 9.88. The summed E-state index contributed by atoms with van der Waals surface area (Å²) in [5.41, 5.74) is 1.43. The fourth-order valence-electron chi connectivity index (χ4n) is 2.76. The highest BCUT2D eigenvalue weighted by molar-refractivity contribution is 5.04. The summed E-state index contributed by atoms with van der Waals surface area (Å²) in [4.78, 5) is 0. The van der Waals surface area contributed by atoms with Gasteiger partial charge in [0.15, 0.2) is 0 Å². The van der Waals surface area contributed by atoms with Gasteiger partial charge in [-0.15, -0.1) is 0 Å². The van der Waals surface area contributed by atoms with Gasteiger partial charge in [-0.25, -0.2) is 0 Å². The molecule has 0 aliphatic carbocycles. The lowest BCUT2D eigenvalue weighted by Crippen LogP contribution is -2.48. The minimum absolute atomic E-state index is 0.135. The average molecular weight is 295 g/mol. The van der Waals surface area contributed by atoms with E-state index in [9.17, 15) is 0 Å². The van der Waals surface area contributed by atoms with Crippen LogP contribution in [0.25, 0.3) is 0 Å². The molecule has 2 atom stereocenters. The van der Waals surface area contributed by atoms with Crippen molar-refractivity contribution >= 4 is 0 Å². The first-order valence-electron chi connectivity index (χ1n) is 8.21. The Balaban J connectivity index is 2.72. The minimum Gasteiger partial charge on any atom is -0.376 e. The molecule has 0 aromatic carbocycles. The zero-order valence-corrected chi connectivity index (χ0v) is 14.6. The number of nitrogens with one attached hydrogen (secondary N) is 1. The Morgan fingerprint density at radius 2 is 2.05 bits per heavy atom. The molecule has 21 heavy (non-hydrogen) atoms. The van der Waals surface area contributed by atoms with Crippen LogP contribution in [0.2, 0.25) is 0 Å². The minimum atomic E-state index is 0.135. The SMILES string of the molecule is CCCNC(CCc1cnn(C)c1)C(OCC)C(C)(C)C. The number of ether oxygens (including phenoxy) is 1. The second-order valence-corrected chi connectivity index (χ2v) is 6.86. The standard InChI is InChI=1S/C17H33N3O/c1-7-11-18-15(16(21-8-2)17(3,4)5)10-9-14-12-19-20(6)13-14/h12-13,15-16,18H,7-11H2,1-6H3. The maximum Gasteiger partial charge on any atom is 0.0776 e. The maximum absolute atomic E-state index is 6.08. The van der Waals surface area contributed by atoms with Gasteiger partial charge in [0.05, 0.1) is 12.3 Å². The van der Waals surface area contributed by atoms with Gasteiger partial charge in [-0.3, -0.25) is 4.68 Å². The van der Waals surface area contributed by atoms with Crippen molar-refractivity contribution in [3.63, 3.8) is 0 Å². The molecule has 4 nitrogen and oxygen atoms in total. The fourth-order valence-corrected chi connectivity index (χ4v) is 2.76. The molecule has 0 radical (unpaired) electrons. The topological polar surface area (TPSA) is 39.1 Å². The van der Waals surface area contributed by atoms with Gasteiger partial charge in [0.2, 0.25) is 0 Å². The summed E-state index contributed by atoms with van der Waals surface area (Å²) < 4.78 is 7.94. The summed E-state index contributed by atoms with van der Waals surface area (Å²) in [6, 6.07) is 0.380. The summed E-state index contributed by atoms with van der Waals surface area (Å²) in [5, 5.41) is 7.94. The molecule has 0 amide bonds. The largest absolute Gasteiger partial charge is 0.376 e. The lowest BCUT2D eigenvalue weighted by molar-refractivity contribution is -0.0372. The third kappa shape index (κ3) is 6.18. The molecule has 0 fully saturated rings. The van der Waals surface area contributed by atoms with Crippen LogP contribution in [-0.4, -0.2) is 35.1 Å². The van der Waals surface area contributed by atoms with Crippen molar-refractivity contribution in [2.24, 2.45) is 12.5 Å². The highest BCUT2D eigenvalue weighted by Crippen LogP contribution is 2.27. The summed E-state index contributed by atoms with van der Waals surface area (Å²) in [6.07, 6.45) is 7.55. The van der Waals surface area contributed by atoms with Gasteiger partial charge in [0.1, 0.15) is 0 Å². The number of hydrogen-bond donors (Lipinski definition) is 1. The Morgan fingerprint density at radius 1 is 1.33 bits per heavy atom. The van der Waals surface area contributed by atoms with E-state index >= 15 is 0 Å². The molecule has 1 N–H and O–H groups in total. The normalized spacial score (nSPS) is 15.1. The molecule has 0 saturated carbocycles. The summed E-state index contributed by atoms with van der Waals surface area (Å²) in [6.45, 7) is 12.9. The number of hydrogen-bond acceptors (Lipinski definition) is 3. The first-order valence-corrected chi connectivity index (χ1v) is 8.21. The van der Waals surface area contributed by atoms with E-state index < -0.39 is 0 Å². The zero-order chi connectivity index (χ0) is 15.9. The van der Waals surface area contributed by atoms with Gasteiger partial charge in [-0.2, -0.15) is 5.10 Å². The lowest BCUT2D eigenvalue weighted by Gasteiger charge is -2.37. The predicted octanol–water partition coefficient (Wildman–Crippen LogP) is 3.17. The second-order valence-electron chi connectivity index (χ2n) is 6.86. The van der Waals surface area contributed by atoms with Gasteiger partial charge in [0.25, 0.3) is 0 Å². The molecule has 1 aromatic heterocycles. The van der Waals surface area contributed by atoms with E-state index in [0.29, 0.717) is 6.04 Å². The smallest absolute Gasteiger partial charge is 0.0776 e. The Hall–Kier alpha value is -0.870. The van der Waals surface area contributed by atoms with Crippen LogP contribution in [0.3, 0.4) is 0 Å². The maximum atomic E-state index is 6.08. The quantitative estimate of drug-likeness (QED) is 0.760. The van der Waals surface area contributed by atoms with Crippen molar-refractivity contribution in [2.75, 3.05) is 13.2 Å². The van der Waals surface area contributed by atoms with Crippen LogP contribution in [0.15, 0.2) is 12.4 Å². The van der Waals surface area contributed by atoms with E-state index in [0.717, 1.165) is 32.4 Å². The molecule has 0 aliphatic heterocycles. The molecule has 0 spiro atoms. The van der Waals surface area contributed by atoms with Gasteiger partial charge < -0.3 is 10.1 Å². The van der Waals surface area contributed by atoms with Crippen LogP contribution in [0.5, 0.6) is 0 Å². The average Bonchev–Trinajstić information content (AvgIpc) is 2.81. The van der Waals surface area contributed by atoms with E-state index in [4.69, 9.17) is 4.74 Å². The van der Waals surface area contributed by atoms with Crippen LogP contribution in [-0.2, 0) is 18.2 Å². The Kier molecular flexibility index (Phi) is 7.40. The molecule has 0 bridgehead atoms. The van der Waals surface area contributed by atoms with Gasteiger partial charge in [-0.1, -0.05) is 27.7 Å². The predicted molar refractivity (Wildman–Crippen MR) is 88.5 cm³/mol. The fraction of sp³-hybridized carbons (Fsp3) is 0.824. The monoisotopic (exact) mass is 295 g/mol. The van der Waals surface area contributed by atoms with Crippen molar-refractivity contribution in [3.8, 4) is 0 Å². The van der Waals surface area contributed by atoms with Gasteiger partial charge in [-0.05, 0) is 43.7 Å². The van der Waals surface area contributed by atoms with E-state index in [1.807, 2.05) is 17.9 Å². The van der Waals surface area contributed by atoms with E-state index in [-0.39, 0.29) is 11.5 Å². The van der Waals surface area contributed by atoms with Gasteiger partial charge >= 0.3 is 0 Å². The van der Waals surface area contributed by atoms with Crippen LogP contribution in [0.4, 0.5) is 0 Å².